The van der Waals surface area contributed by atoms with E-state index in [1.807, 2.05) is 0 Å². The third kappa shape index (κ3) is 3.21. The number of benzene rings is 1. The van der Waals surface area contributed by atoms with Crippen LogP contribution in [0.4, 0.5) is 5.69 Å². The van der Waals surface area contributed by atoms with E-state index in [4.69, 9.17) is 15.6 Å². The van der Waals surface area contributed by atoms with Gasteiger partial charge < -0.3 is 10.5 Å². The number of nitrogen functional groups attached to an aromatic ring is 1. The molecule has 0 radical (unpaired) electrons. The first-order valence-corrected chi connectivity index (χ1v) is 6.02. The molecule has 0 saturated carbocycles. The molecular weight excluding hydrogens is 232 g/mol. The highest BCUT2D eigenvalue weighted by molar-refractivity contribution is 7.89. The van der Waals surface area contributed by atoms with Crippen molar-refractivity contribution in [3.05, 3.63) is 23.8 Å². The van der Waals surface area contributed by atoms with Gasteiger partial charge in [-0.05, 0) is 12.1 Å². The summed E-state index contributed by atoms with van der Waals surface area (Å²) >= 11 is 0. The third-order valence-corrected chi connectivity index (χ3v) is 2.56. The summed E-state index contributed by atoms with van der Waals surface area (Å²) in [6.07, 6.45) is 0. The van der Waals surface area contributed by atoms with Crippen LogP contribution in [0, 0.1) is 0 Å². The SMILES string of the molecule is COc1ccc(C(=O)CS(N)(=O)=O)c(N)c1. The van der Waals surface area contributed by atoms with E-state index < -0.39 is 21.6 Å². The van der Waals surface area contributed by atoms with E-state index in [1.54, 1.807) is 0 Å². The normalized spacial score (nSPS) is 11.1. The maximum atomic E-state index is 11.5. The second-order valence-corrected chi connectivity index (χ2v) is 4.80. The van der Waals surface area contributed by atoms with Crippen LogP contribution in [0.15, 0.2) is 18.2 Å². The van der Waals surface area contributed by atoms with Crippen molar-refractivity contribution in [1.29, 1.82) is 0 Å². The first-order chi connectivity index (χ1) is 7.33. The lowest BCUT2D eigenvalue weighted by Crippen LogP contribution is -2.23. The zero-order valence-electron chi connectivity index (χ0n) is 8.64. The average Bonchev–Trinajstić information content (AvgIpc) is 2.14. The van der Waals surface area contributed by atoms with E-state index in [1.165, 1.54) is 25.3 Å². The Morgan fingerprint density at radius 3 is 2.50 bits per heavy atom. The summed E-state index contributed by atoms with van der Waals surface area (Å²) < 4.78 is 26.4. The highest BCUT2D eigenvalue weighted by Gasteiger charge is 2.16. The van der Waals surface area contributed by atoms with Gasteiger partial charge in [0.15, 0.2) is 5.78 Å². The van der Waals surface area contributed by atoms with E-state index in [2.05, 4.69) is 0 Å². The number of rotatable bonds is 4. The van der Waals surface area contributed by atoms with Crippen LogP contribution in [0.5, 0.6) is 5.75 Å². The van der Waals surface area contributed by atoms with Crippen LogP contribution in [0.2, 0.25) is 0 Å². The van der Waals surface area contributed by atoms with Crippen molar-refractivity contribution < 1.29 is 17.9 Å². The molecular formula is C9H12N2O4S. The molecule has 0 bridgehead atoms. The minimum absolute atomic E-state index is 0.120. The fourth-order valence-corrected chi connectivity index (χ4v) is 1.70. The lowest BCUT2D eigenvalue weighted by atomic mass is 10.1. The molecule has 0 spiro atoms. The second kappa shape index (κ2) is 4.50. The minimum atomic E-state index is -3.84. The predicted octanol–water partition coefficient (Wildman–Crippen LogP) is -0.251. The Bertz CT molecular complexity index is 510. The van der Waals surface area contributed by atoms with Gasteiger partial charge >= 0.3 is 0 Å². The zero-order valence-corrected chi connectivity index (χ0v) is 9.45. The number of hydrogen-bond donors (Lipinski definition) is 2. The van der Waals surface area contributed by atoms with Crippen LogP contribution in [0.1, 0.15) is 10.4 Å². The van der Waals surface area contributed by atoms with Gasteiger partial charge in [0.05, 0.1) is 7.11 Å². The molecule has 0 aliphatic carbocycles. The topological polar surface area (TPSA) is 112 Å². The number of nitrogens with two attached hydrogens (primary N) is 2. The molecule has 7 heteroatoms. The Kier molecular flexibility index (Phi) is 3.51. The number of carbonyl (C=O) groups excluding carboxylic acids is 1. The number of primary sulfonamides is 1. The monoisotopic (exact) mass is 244 g/mol. The van der Waals surface area contributed by atoms with Gasteiger partial charge in [-0.2, -0.15) is 0 Å². The van der Waals surface area contributed by atoms with Gasteiger partial charge in [0.2, 0.25) is 10.0 Å². The number of ketones is 1. The number of carbonyl (C=O) groups is 1. The van der Waals surface area contributed by atoms with Crippen LogP contribution >= 0.6 is 0 Å². The molecule has 0 saturated heterocycles. The number of anilines is 1. The zero-order chi connectivity index (χ0) is 12.3. The molecule has 0 aliphatic rings. The Morgan fingerprint density at radius 1 is 1.44 bits per heavy atom. The quantitative estimate of drug-likeness (QED) is 0.560. The molecule has 1 aromatic carbocycles. The van der Waals surface area contributed by atoms with Crippen molar-refractivity contribution in [3.63, 3.8) is 0 Å². The molecule has 0 fully saturated rings. The van der Waals surface area contributed by atoms with Gasteiger partial charge in [-0.1, -0.05) is 0 Å². The van der Waals surface area contributed by atoms with Crippen LogP contribution in [0.3, 0.4) is 0 Å². The fourth-order valence-electron chi connectivity index (χ4n) is 1.18. The molecule has 0 unspecified atom stereocenters. The Morgan fingerprint density at radius 2 is 2.06 bits per heavy atom. The van der Waals surface area contributed by atoms with Crippen LogP contribution in [-0.2, 0) is 10.0 Å². The summed E-state index contributed by atoms with van der Waals surface area (Å²) in [5, 5.41) is 4.77. The predicted molar refractivity (Wildman–Crippen MR) is 59.7 cm³/mol. The first-order valence-electron chi connectivity index (χ1n) is 4.30. The molecule has 4 N–H and O–H groups in total. The highest BCUT2D eigenvalue weighted by Crippen LogP contribution is 2.20. The first kappa shape index (κ1) is 12.5. The highest BCUT2D eigenvalue weighted by atomic mass is 32.2. The van der Waals surface area contributed by atoms with Crippen LogP contribution in [0.25, 0.3) is 0 Å². The number of Topliss-reactive ketones (excluding diaryl/α,β-unsaturated/α-hetero) is 1. The Hall–Kier alpha value is -1.60. The standard InChI is InChI=1S/C9H12N2O4S/c1-15-6-2-3-7(8(10)4-6)9(12)5-16(11,13)14/h2-4H,5,10H2,1H3,(H2,11,13,14). The van der Waals surface area contributed by atoms with E-state index in [0.29, 0.717) is 5.75 Å². The number of sulfonamides is 1. The molecule has 16 heavy (non-hydrogen) atoms. The molecule has 1 aromatic rings. The second-order valence-electron chi connectivity index (χ2n) is 3.18. The molecule has 6 nitrogen and oxygen atoms in total. The molecule has 0 aromatic heterocycles. The molecule has 0 atom stereocenters. The summed E-state index contributed by atoms with van der Waals surface area (Å²) in [5.74, 6) is -0.906. The Labute approximate surface area is 93.2 Å². The van der Waals surface area contributed by atoms with Gasteiger partial charge in [-0.15, -0.1) is 0 Å². The maximum Gasteiger partial charge on any atom is 0.216 e. The Balaban J connectivity index is 3.01. The van der Waals surface area contributed by atoms with Crippen molar-refractivity contribution in [2.45, 2.75) is 0 Å². The van der Waals surface area contributed by atoms with Gasteiger partial charge in [-0.3, -0.25) is 4.79 Å². The fraction of sp³-hybridized carbons (Fsp3) is 0.222. The largest absolute Gasteiger partial charge is 0.497 e. The third-order valence-electron chi connectivity index (χ3n) is 1.89. The summed E-state index contributed by atoms with van der Waals surface area (Å²) in [7, 11) is -2.38. The van der Waals surface area contributed by atoms with Gasteiger partial charge in [0, 0.05) is 17.3 Å². The van der Waals surface area contributed by atoms with Crippen molar-refractivity contribution in [3.8, 4) is 5.75 Å². The molecule has 88 valence electrons. The van der Waals surface area contributed by atoms with Crippen molar-refractivity contribution in [1.82, 2.24) is 0 Å². The van der Waals surface area contributed by atoms with E-state index in [9.17, 15) is 13.2 Å². The van der Waals surface area contributed by atoms with Gasteiger partial charge in [0.1, 0.15) is 11.5 Å². The molecule has 0 aliphatic heterocycles. The van der Waals surface area contributed by atoms with E-state index in [-0.39, 0.29) is 11.3 Å². The average molecular weight is 244 g/mol. The van der Waals surface area contributed by atoms with Crippen LogP contribution in [-0.4, -0.2) is 27.1 Å². The summed E-state index contributed by atoms with van der Waals surface area (Å²) in [5.41, 5.74) is 5.86. The van der Waals surface area contributed by atoms with Gasteiger partial charge in [0.25, 0.3) is 0 Å². The van der Waals surface area contributed by atoms with Crippen molar-refractivity contribution in [2.24, 2.45) is 5.14 Å². The summed E-state index contributed by atoms with van der Waals surface area (Å²) in [4.78, 5) is 11.5. The van der Waals surface area contributed by atoms with Crippen molar-refractivity contribution >= 4 is 21.5 Å². The maximum absolute atomic E-state index is 11.5. The molecule has 0 amide bonds. The molecule has 1 rings (SSSR count). The summed E-state index contributed by atoms with van der Waals surface area (Å²) in [6, 6.07) is 4.37. The van der Waals surface area contributed by atoms with E-state index >= 15 is 0 Å². The lowest BCUT2D eigenvalue weighted by Gasteiger charge is -2.06. The smallest absolute Gasteiger partial charge is 0.216 e. The minimum Gasteiger partial charge on any atom is -0.497 e. The van der Waals surface area contributed by atoms with E-state index in [0.717, 1.165) is 0 Å². The van der Waals surface area contributed by atoms with Crippen LogP contribution < -0.4 is 15.6 Å². The van der Waals surface area contributed by atoms with Gasteiger partial charge in [-0.25, -0.2) is 13.6 Å². The van der Waals surface area contributed by atoms with Crippen molar-refractivity contribution in [2.75, 3.05) is 18.6 Å². The number of methoxy groups -OCH3 is 1. The lowest BCUT2D eigenvalue weighted by molar-refractivity contribution is 0.102. The number of ether oxygens (including phenoxy) is 1. The summed E-state index contributed by atoms with van der Waals surface area (Å²) in [6.45, 7) is 0. The number of hydrogen-bond acceptors (Lipinski definition) is 5. The molecule has 0 heterocycles.